The van der Waals surface area contributed by atoms with Crippen LogP contribution >= 0.6 is 0 Å². The van der Waals surface area contributed by atoms with Gasteiger partial charge >= 0.3 is 0 Å². The van der Waals surface area contributed by atoms with Crippen LogP contribution in [0.3, 0.4) is 0 Å². The second-order valence-corrected chi connectivity index (χ2v) is 24.0. The Bertz CT molecular complexity index is 3510. The number of nitrogens with zero attached hydrogens (tertiary/aromatic N) is 4. The van der Waals surface area contributed by atoms with Gasteiger partial charge in [0.2, 0.25) is 0 Å². The van der Waals surface area contributed by atoms with Gasteiger partial charge in [-0.25, -0.2) is 4.98 Å². The van der Waals surface area contributed by atoms with Crippen LogP contribution in [-0.2, 0) is 42.7 Å². The first-order valence-corrected chi connectivity index (χ1v) is 25.8. The largest absolute Gasteiger partial charge is 0.509 e. The predicted molar refractivity (Wildman–Crippen MR) is 306 cm³/mol. The van der Waals surface area contributed by atoms with Gasteiger partial charge in [-0.1, -0.05) is 205 Å². The Labute approximate surface area is 455 Å². The third-order valence-corrected chi connectivity index (χ3v) is 15.0. The average Bonchev–Trinajstić information content (AvgIpc) is 3.97. The van der Waals surface area contributed by atoms with Gasteiger partial charge in [0.1, 0.15) is 5.82 Å². The molecule has 0 atom stereocenters. The van der Waals surface area contributed by atoms with Gasteiger partial charge in [-0.05, 0) is 91.7 Å². The molecule has 7 aromatic carbocycles. The number of fused-ring (bicyclic) bond motifs is 3. The number of anilines is 2. The van der Waals surface area contributed by atoms with Crippen molar-refractivity contribution in [3.05, 3.63) is 234 Å². The molecule has 0 N–H and O–H groups in total. The number of rotatable bonds is 10. The fraction of sp³-hybridized carbons (Fsp3) is 0.265. The van der Waals surface area contributed by atoms with E-state index in [1.54, 1.807) is 0 Å². The zero-order valence-electron chi connectivity index (χ0n) is 45.3. The van der Waals surface area contributed by atoms with Crippen molar-refractivity contribution in [1.82, 2.24) is 9.55 Å². The Hall–Kier alpha value is -6.68. The van der Waals surface area contributed by atoms with Crippen molar-refractivity contribution in [2.75, 3.05) is 9.80 Å². The van der Waals surface area contributed by atoms with Crippen molar-refractivity contribution >= 4 is 33.2 Å². The van der Waals surface area contributed by atoms with E-state index in [1.807, 2.05) is 12.3 Å². The Kier molecular flexibility index (Phi) is 13.8. The van der Waals surface area contributed by atoms with Gasteiger partial charge in [-0.15, -0.1) is 53.6 Å². The topological polar surface area (TPSA) is 33.5 Å². The minimum atomic E-state index is -0.225. The van der Waals surface area contributed by atoms with Crippen molar-refractivity contribution in [1.29, 1.82) is 0 Å². The molecule has 3 heterocycles. The summed E-state index contributed by atoms with van der Waals surface area (Å²) in [4.78, 5) is 9.59. The molecule has 1 aliphatic heterocycles. The molecule has 0 unspecified atom stereocenters. The predicted octanol–water partition coefficient (Wildman–Crippen LogP) is 17.8. The molecule has 5 nitrogen and oxygen atoms in total. The quantitative estimate of drug-likeness (QED) is 0.128. The molecule has 6 heteroatoms. The van der Waals surface area contributed by atoms with Crippen molar-refractivity contribution in [2.24, 2.45) is 5.41 Å². The number of ether oxygens (including phenoxy) is 1. The van der Waals surface area contributed by atoms with E-state index in [4.69, 9.17) is 9.72 Å². The maximum Gasteiger partial charge on any atom is 0.135 e. The normalized spacial score (nSPS) is 13.6. The molecule has 0 aliphatic carbocycles. The third-order valence-electron chi connectivity index (χ3n) is 15.0. The van der Waals surface area contributed by atoms with Gasteiger partial charge in [0, 0.05) is 71.9 Å². The molecule has 1 aliphatic rings. The Morgan fingerprint density at radius 3 is 1.70 bits per heavy atom. The number of hydrogen-bond donors (Lipinski definition) is 0. The van der Waals surface area contributed by atoms with Crippen molar-refractivity contribution < 1.29 is 25.8 Å². The van der Waals surface area contributed by atoms with Gasteiger partial charge in [-0.3, -0.25) is 0 Å². The fourth-order valence-electron chi connectivity index (χ4n) is 10.1. The fourth-order valence-corrected chi connectivity index (χ4v) is 10.1. The zero-order chi connectivity index (χ0) is 51.7. The number of allylic oxidation sites excluding steroid dienone is 1. The summed E-state index contributed by atoms with van der Waals surface area (Å²) in [5.74, 6) is 2.03. The van der Waals surface area contributed by atoms with Gasteiger partial charge < -0.3 is 19.1 Å². The summed E-state index contributed by atoms with van der Waals surface area (Å²) in [6.07, 6.45) is 4.22. The molecule has 0 saturated heterocycles. The molecular formula is C68H69N4OPt-3. The van der Waals surface area contributed by atoms with E-state index < -0.39 is 0 Å². The zero-order valence-corrected chi connectivity index (χ0v) is 47.6. The molecule has 10 rings (SSSR count). The number of benzene rings is 7. The third kappa shape index (κ3) is 10.1. The smallest absolute Gasteiger partial charge is 0.135 e. The van der Waals surface area contributed by atoms with E-state index in [2.05, 4.69) is 287 Å². The first kappa shape index (κ1) is 52.2. The van der Waals surface area contributed by atoms with Crippen LogP contribution in [-0.4, -0.2) is 9.55 Å². The molecule has 74 heavy (non-hydrogen) atoms. The summed E-state index contributed by atoms with van der Waals surface area (Å²) >= 11 is 0. The van der Waals surface area contributed by atoms with Gasteiger partial charge in [-0.2, -0.15) is 6.07 Å². The maximum absolute atomic E-state index is 7.01. The van der Waals surface area contributed by atoms with Gasteiger partial charge in [0.25, 0.3) is 0 Å². The number of pyridine rings is 1. The molecule has 0 radical (unpaired) electrons. The van der Waals surface area contributed by atoms with Gasteiger partial charge in [0.05, 0.1) is 0 Å². The second-order valence-electron chi connectivity index (χ2n) is 24.0. The van der Waals surface area contributed by atoms with Crippen LogP contribution < -0.4 is 14.5 Å². The molecule has 380 valence electrons. The van der Waals surface area contributed by atoms with Crippen LogP contribution in [0, 0.1) is 24.2 Å². The van der Waals surface area contributed by atoms with E-state index in [1.165, 1.54) is 33.4 Å². The van der Waals surface area contributed by atoms with Gasteiger partial charge in [0.15, 0.2) is 0 Å². The van der Waals surface area contributed by atoms with E-state index in [0.717, 1.165) is 55.8 Å². The van der Waals surface area contributed by atoms with Crippen LogP contribution in [0.5, 0.6) is 11.5 Å². The van der Waals surface area contributed by atoms with E-state index in [9.17, 15) is 0 Å². The minimum Gasteiger partial charge on any atom is -0.509 e. The summed E-state index contributed by atoms with van der Waals surface area (Å²) in [6, 6.07) is 66.5. The monoisotopic (exact) mass is 1150 g/mol. The Balaban J connectivity index is 0.00000672. The molecule has 0 bridgehead atoms. The molecule has 0 amide bonds. The molecule has 0 fully saturated rings. The van der Waals surface area contributed by atoms with E-state index in [-0.39, 0.29) is 48.1 Å². The van der Waals surface area contributed by atoms with Crippen LogP contribution in [0.15, 0.2) is 182 Å². The number of hydrogen-bond acceptors (Lipinski definition) is 4. The SMILES string of the molecule is CC(C)(C)C1=CN(c2cc(C(C)(C)C)cc(C(C)(C)c3ccccc3)c2)[CH-]N1c1[c-]c(Oc2[c-]c3c(cc2)c2cc(C(C)(C)c4ccccc4)ccc2n3-c2cc(C(C)(C)C)ccn2)cc(-c2ccccc2)c1.[Pt]. The molecule has 0 spiro atoms. The van der Waals surface area contributed by atoms with E-state index >= 15 is 0 Å². The Morgan fingerprint density at radius 2 is 1.08 bits per heavy atom. The maximum atomic E-state index is 7.01. The number of aromatic nitrogens is 2. The van der Waals surface area contributed by atoms with Crippen LogP contribution in [0.1, 0.15) is 123 Å². The van der Waals surface area contributed by atoms with Crippen molar-refractivity contribution in [2.45, 2.75) is 112 Å². The molecular weight excluding hydrogens is 1080 g/mol. The van der Waals surface area contributed by atoms with E-state index in [0.29, 0.717) is 11.5 Å². The van der Waals surface area contributed by atoms with Crippen LogP contribution in [0.2, 0.25) is 0 Å². The standard InChI is InChI=1S/C68H69N4O.Pt/c1-64(2,3)50-33-34-69-63(41-50)72-60-32-29-51(67(10,11)48-25-19-15-20-26-48)40-59(60)58-31-30-56(43-61(58)72)73-57-36-47(46-23-17-14-18-24-46)35-55(42-57)71-45-70(44-62(71)66(7,8)9)54-38-52(65(4,5)6)37-53(39-54)68(12,13)49-27-21-16-22-28-49;/h14-41,44-45H,1-13H3;/q-3;. The summed E-state index contributed by atoms with van der Waals surface area (Å²) < 4.78 is 9.26. The van der Waals surface area contributed by atoms with Crippen LogP contribution in [0.4, 0.5) is 11.4 Å². The van der Waals surface area contributed by atoms with Crippen LogP contribution in [0.25, 0.3) is 38.8 Å². The Morgan fingerprint density at radius 1 is 0.473 bits per heavy atom. The molecule has 9 aromatic rings. The molecule has 0 saturated carbocycles. The van der Waals surface area contributed by atoms with Crippen molar-refractivity contribution in [3.8, 4) is 28.4 Å². The summed E-state index contributed by atoms with van der Waals surface area (Å²) in [6.45, 7) is 31.9. The summed E-state index contributed by atoms with van der Waals surface area (Å²) in [5, 5.41) is 2.22. The van der Waals surface area contributed by atoms with Crippen molar-refractivity contribution in [3.63, 3.8) is 0 Å². The first-order chi connectivity index (χ1) is 34.6. The first-order valence-electron chi connectivity index (χ1n) is 25.8. The second kappa shape index (κ2) is 19.5. The molecule has 2 aromatic heterocycles. The summed E-state index contributed by atoms with van der Waals surface area (Å²) in [5.41, 5.74) is 14.0. The average molecular weight is 1150 g/mol. The minimum absolute atomic E-state index is 0. The summed E-state index contributed by atoms with van der Waals surface area (Å²) in [7, 11) is 0.